The lowest BCUT2D eigenvalue weighted by atomic mass is 10.2. The molecule has 0 unspecified atom stereocenters. The highest BCUT2D eigenvalue weighted by atomic mass is 35.5. The fourth-order valence-electron chi connectivity index (χ4n) is 2.05. The molecule has 0 bridgehead atoms. The molecule has 0 fully saturated rings. The van der Waals surface area contributed by atoms with Crippen LogP contribution in [0.15, 0.2) is 35.7 Å². The van der Waals surface area contributed by atoms with E-state index < -0.39 is 0 Å². The summed E-state index contributed by atoms with van der Waals surface area (Å²) in [5.74, 6) is 0.515. The van der Waals surface area contributed by atoms with Crippen molar-refractivity contribution in [3.05, 3.63) is 46.4 Å². The summed E-state index contributed by atoms with van der Waals surface area (Å²) in [4.78, 5) is 6.89. The van der Waals surface area contributed by atoms with Gasteiger partial charge in [-0.2, -0.15) is 0 Å². The number of para-hydroxylation sites is 1. The Balaban J connectivity index is 1.83. The van der Waals surface area contributed by atoms with Crippen LogP contribution >= 0.6 is 22.9 Å². The minimum atomic E-state index is 0.515. The van der Waals surface area contributed by atoms with Crippen molar-refractivity contribution < 1.29 is 0 Å². The number of hydrogen-bond donors (Lipinski definition) is 0. The van der Waals surface area contributed by atoms with Gasteiger partial charge in [-0.05, 0) is 25.5 Å². The molecule has 0 saturated heterocycles. The van der Waals surface area contributed by atoms with E-state index in [0.29, 0.717) is 5.88 Å². The number of aryl methyl sites for hydroxylation is 1. The van der Waals surface area contributed by atoms with E-state index >= 15 is 0 Å². The largest absolute Gasteiger partial charge is 0.372 e. The van der Waals surface area contributed by atoms with Crippen LogP contribution in [0.25, 0.3) is 0 Å². The predicted octanol–water partition coefficient (Wildman–Crippen LogP) is 4.34. The lowest BCUT2D eigenvalue weighted by Gasteiger charge is -2.22. The summed E-state index contributed by atoms with van der Waals surface area (Å²) in [6.45, 7) is 4.30. The van der Waals surface area contributed by atoms with Gasteiger partial charge in [-0.1, -0.05) is 18.2 Å². The van der Waals surface area contributed by atoms with Crippen LogP contribution in [0.5, 0.6) is 0 Å². The van der Waals surface area contributed by atoms with Gasteiger partial charge in [0.15, 0.2) is 0 Å². The molecule has 19 heavy (non-hydrogen) atoms. The smallest absolute Gasteiger partial charge is 0.0929 e. The Bertz CT molecular complexity index is 484. The highest BCUT2D eigenvalue weighted by Crippen LogP contribution is 2.16. The molecular formula is C15H19ClN2S. The zero-order chi connectivity index (χ0) is 13.5. The average molecular weight is 295 g/mol. The van der Waals surface area contributed by atoms with Crippen molar-refractivity contribution in [2.24, 2.45) is 0 Å². The fourth-order valence-corrected chi connectivity index (χ4v) is 3.12. The maximum Gasteiger partial charge on any atom is 0.0929 e. The van der Waals surface area contributed by atoms with E-state index in [2.05, 4.69) is 52.5 Å². The molecule has 0 aliphatic heterocycles. The number of aromatic nitrogens is 1. The molecule has 2 nitrogen and oxygen atoms in total. The van der Waals surface area contributed by atoms with Crippen molar-refractivity contribution >= 4 is 28.6 Å². The van der Waals surface area contributed by atoms with E-state index in [1.807, 2.05) is 0 Å². The number of thiazole rings is 1. The minimum Gasteiger partial charge on any atom is -0.372 e. The molecular weight excluding hydrogens is 276 g/mol. The third-order valence-corrected chi connectivity index (χ3v) is 4.29. The molecule has 0 N–H and O–H groups in total. The zero-order valence-electron chi connectivity index (χ0n) is 11.2. The summed E-state index contributed by atoms with van der Waals surface area (Å²) in [7, 11) is 0. The lowest BCUT2D eigenvalue weighted by Crippen LogP contribution is -2.24. The second kappa shape index (κ2) is 7.51. The Morgan fingerprint density at radius 3 is 2.68 bits per heavy atom. The van der Waals surface area contributed by atoms with Crippen LogP contribution in [0.4, 0.5) is 5.69 Å². The standard InChI is InChI=1S/C15H19ClN2S/c1-2-18(14-7-4-3-5-8-14)10-6-9-15-17-13(11-16)12-19-15/h3-5,7-8,12H,2,6,9-11H2,1H3. The molecule has 0 aliphatic rings. The first-order valence-corrected chi connectivity index (χ1v) is 8.04. The van der Waals surface area contributed by atoms with Crippen LogP contribution in [0.2, 0.25) is 0 Å². The van der Waals surface area contributed by atoms with E-state index in [-0.39, 0.29) is 0 Å². The normalized spacial score (nSPS) is 10.6. The summed E-state index contributed by atoms with van der Waals surface area (Å²) in [6.07, 6.45) is 2.16. The Morgan fingerprint density at radius 1 is 1.26 bits per heavy atom. The first-order valence-electron chi connectivity index (χ1n) is 6.62. The van der Waals surface area contributed by atoms with E-state index in [4.69, 9.17) is 11.6 Å². The molecule has 1 aromatic heterocycles. The summed E-state index contributed by atoms with van der Waals surface area (Å²) in [6, 6.07) is 10.6. The van der Waals surface area contributed by atoms with Gasteiger partial charge in [-0.25, -0.2) is 4.98 Å². The molecule has 0 radical (unpaired) electrons. The number of alkyl halides is 1. The van der Waals surface area contributed by atoms with Gasteiger partial charge in [-0.15, -0.1) is 22.9 Å². The van der Waals surface area contributed by atoms with Gasteiger partial charge in [0, 0.05) is 30.6 Å². The van der Waals surface area contributed by atoms with Gasteiger partial charge < -0.3 is 4.90 Å². The van der Waals surface area contributed by atoms with Crippen molar-refractivity contribution in [1.29, 1.82) is 0 Å². The van der Waals surface area contributed by atoms with Crippen LogP contribution in [0, 0.1) is 0 Å². The van der Waals surface area contributed by atoms with E-state index in [1.54, 1.807) is 11.3 Å². The van der Waals surface area contributed by atoms with E-state index in [0.717, 1.165) is 31.6 Å². The molecule has 0 spiro atoms. The van der Waals surface area contributed by atoms with E-state index in [9.17, 15) is 0 Å². The Morgan fingerprint density at radius 2 is 2.05 bits per heavy atom. The minimum absolute atomic E-state index is 0.515. The van der Waals surface area contributed by atoms with Gasteiger partial charge in [0.05, 0.1) is 16.6 Å². The third-order valence-electron chi connectivity index (χ3n) is 3.06. The Kier molecular flexibility index (Phi) is 5.67. The van der Waals surface area contributed by atoms with Gasteiger partial charge in [0.2, 0.25) is 0 Å². The number of benzene rings is 1. The average Bonchev–Trinajstić information content (AvgIpc) is 2.92. The number of hydrogen-bond acceptors (Lipinski definition) is 3. The van der Waals surface area contributed by atoms with Crippen molar-refractivity contribution in [3.63, 3.8) is 0 Å². The topological polar surface area (TPSA) is 16.1 Å². The molecule has 2 rings (SSSR count). The molecule has 2 aromatic rings. The number of rotatable bonds is 7. The van der Waals surface area contributed by atoms with E-state index in [1.165, 1.54) is 10.7 Å². The van der Waals surface area contributed by atoms with Crippen LogP contribution in [0.3, 0.4) is 0 Å². The van der Waals surface area contributed by atoms with Gasteiger partial charge in [0.1, 0.15) is 0 Å². The number of halogens is 1. The lowest BCUT2D eigenvalue weighted by molar-refractivity contribution is 0.743. The van der Waals surface area contributed by atoms with Crippen molar-refractivity contribution in [2.75, 3.05) is 18.0 Å². The third kappa shape index (κ3) is 4.22. The fraction of sp³-hybridized carbons (Fsp3) is 0.400. The first kappa shape index (κ1) is 14.4. The number of anilines is 1. The molecule has 102 valence electrons. The van der Waals surface area contributed by atoms with Crippen LogP contribution < -0.4 is 4.90 Å². The quantitative estimate of drug-likeness (QED) is 0.706. The maximum absolute atomic E-state index is 5.76. The summed E-state index contributed by atoms with van der Waals surface area (Å²) >= 11 is 7.48. The second-order valence-electron chi connectivity index (χ2n) is 4.38. The maximum atomic E-state index is 5.76. The van der Waals surface area contributed by atoms with Crippen LogP contribution in [-0.2, 0) is 12.3 Å². The van der Waals surface area contributed by atoms with Crippen molar-refractivity contribution in [1.82, 2.24) is 4.98 Å². The molecule has 4 heteroatoms. The van der Waals surface area contributed by atoms with Crippen LogP contribution in [0.1, 0.15) is 24.0 Å². The van der Waals surface area contributed by atoms with Crippen molar-refractivity contribution in [2.45, 2.75) is 25.6 Å². The molecule has 0 atom stereocenters. The summed E-state index contributed by atoms with van der Waals surface area (Å²) in [5, 5.41) is 3.25. The molecule has 1 aromatic carbocycles. The highest BCUT2D eigenvalue weighted by molar-refractivity contribution is 7.09. The number of nitrogens with zero attached hydrogens (tertiary/aromatic N) is 2. The monoisotopic (exact) mass is 294 g/mol. The summed E-state index contributed by atoms with van der Waals surface area (Å²) in [5.41, 5.74) is 2.29. The Hall–Kier alpha value is -1.06. The SMILES string of the molecule is CCN(CCCc1nc(CCl)cs1)c1ccccc1. The Labute approximate surface area is 124 Å². The zero-order valence-corrected chi connectivity index (χ0v) is 12.8. The van der Waals surface area contributed by atoms with Crippen molar-refractivity contribution in [3.8, 4) is 0 Å². The van der Waals surface area contributed by atoms with Crippen LogP contribution in [-0.4, -0.2) is 18.1 Å². The predicted molar refractivity (Wildman–Crippen MR) is 84.3 cm³/mol. The second-order valence-corrected chi connectivity index (χ2v) is 5.59. The van der Waals surface area contributed by atoms with Gasteiger partial charge in [0.25, 0.3) is 0 Å². The molecule has 1 heterocycles. The van der Waals surface area contributed by atoms with Gasteiger partial charge in [-0.3, -0.25) is 0 Å². The highest BCUT2D eigenvalue weighted by Gasteiger charge is 2.05. The molecule has 0 saturated carbocycles. The van der Waals surface area contributed by atoms with Gasteiger partial charge >= 0.3 is 0 Å². The summed E-state index contributed by atoms with van der Waals surface area (Å²) < 4.78 is 0. The molecule has 0 amide bonds. The first-order chi connectivity index (χ1) is 9.33. The molecule has 0 aliphatic carbocycles.